The molecular weight excluding hydrogens is 775 g/mol. The predicted molar refractivity (Wildman–Crippen MR) is 258 cm³/mol. The molecule has 0 bridgehead atoms. The van der Waals surface area contributed by atoms with E-state index in [0.29, 0.717) is 6.42 Å². The summed E-state index contributed by atoms with van der Waals surface area (Å²) in [6, 6.07) is -0.743. The quantitative estimate of drug-likeness (QED) is 0.0198. The van der Waals surface area contributed by atoms with E-state index >= 15 is 0 Å². The second kappa shape index (κ2) is 43.9. The fraction of sp³-hybridized carbons (Fsp3) is 0.648. The van der Waals surface area contributed by atoms with Crippen molar-refractivity contribution in [2.75, 3.05) is 41.0 Å². The predicted octanol–water partition coefficient (Wildman–Crippen LogP) is 12.5. The number of hydrogen-bond donors (Lipinski definition) is 0. The van der Waals surface area contributed by atoms with Crippen LogP contribution in [0, 0.1) is 0 Å². The highest BCUT2D eigenvalue weighted by molar-refractivity contribution is 5.70. The normalized spacial score (nSPS) is 13.8. The number of likely N-dealkylation sites (N-methyl/N-ethyl adjacent to an activating group) is 1. The number of ether oxygens (including phenoxy) is 3. The second-order valence-electron chi connectivity index (χ2n) is 17.0. The first kappa shape index (κ1) is 58.2. The Hall–Kier alpha value is -3.75. The number of quaternary nitrogens is 1. The Balaban J connectivity index is 4.44. The average molecular weight is 864 g/mol. The third-order valence-corrected chi connectivity index (χ3v) is 10.2. The molecule has 0 aromatic carbocycles. The SMILES string of the molecule is CC/C=C/C/C=C/C/C=C/C/C=C/C/C=C/C/C=C/CCCC(=O)OCC(COCCC(C(=O)[O-])[N+](C)(C)C)OC(=O)CCCCCCC/C=C/C=C/CCCCCCCCC. The van der Waals surface area contributed by atoms with Crippen LogP contribution in [0.2, 0.25) is 0 Å². The summed E-state index contributed by atoms with van der Waals surface area (Å²) >= 11 is 0. The van der Waals surface area contributed by atoms with Crippen LogP contribution in [0.25, 0.3) is 0 Å². The van der Waals surface area contributed by atoms with Crippen molar-refractivity contribution in [1.82, 2.24) is 0 Å². The van der Waals surface area contributed by atoms with Gasteiger partial charge in [-0.2, -0.15) is 0 Å². The molecule has 0 aromatic rings. The Bertz CT molecular complexity index is 1330. The van der Waals surface area contributed by atoms with Crippen LogP contribution in [0.5, 0.6) is 0 Å². The molecule has 0 rings (SSSR count). The lowest BCUT2D eigenvalue weighted by Gasteiger charge is -2.34. The lowest BCUT2D eigenvalue weighted by molar-refractivity contribution is -0.889. The van der Waals surface area contributed by atoms with E-state index < -0.39 is 18.1 Å². The maximum absolute atomic E-state index is 12.8. The van der Waals surface area contributed by atoms with E-state index in [1.807, 2.05) is 0 Å². The Kier molecular flexibility index (Phi) is 41.2. The molecule has 0 aliphatic carbocycles. The molecule has 0 aliphatic heterocycles. The number of carbonyl (C=O) groups is 3. The van der Waals surface area contributed by atoms with E-state index in [0.717, 1.165) is 89.9 Å². The molecule has 0 fully saturated rings. The van der Waals surface area contributed by atoms with Crippen molar-refractivity contribution in [1.29, 1.82) is 0 Å². The second-order valence-corrected chi connectivity index (χ2v) is 17.0. The molecule has 0 heterocycles. The number of carbonyl (C=O) groups excluding carboxylic acids is 3. The number of carboxylic acids is 1. The molecule has 0 radical (unpaired) electrons. The van der Waals surface area contributed by atoms with E-state index in [4.69, 9.17) is 14.2 Å². The zero-order valence-electron chi connectivity index (χ0n) is 40.0. The summed E-state index contributed by atoms with van der Waals surface area (Å²) in [6.45, 7) is 4.45. The van der Waals surface area contributed by atoms with Gasteiger partial charge in [-0.3, -0.25) is 9.59 Å². The summed E-state index contributed by atoms with van der Waals surface area (Å²) in [6.07, 6.45) is 58.7. The van der Waals surface area contributed by atoms with Gasteiger partial charge in [0.05, 0.1) is 40.3 Å². The van der Waals surface area contributed by atoms with Crippen LogP contribution in [-0.2, 0) is 28.6 Å². The van der Waals surface area contributed by atoms with Gasteiger partial charge < -0.3 is 28.6 Å². The van der Waals surface area contributed by atoms with Crippen LogP contribution < -0.4 is 5.11 Å². The molecule has 0 aromatic heterocycles. The minimum atomic E-state index is -1.14. The van der Waals surface area contributed by atoms with Crippen molar-refractivity contribution in [3.63, 3.8) is 0 Å². The standard InChI is InChI=1S/C54H89NO7/c1-6-8-10-12-14-16-18-20-22-24-26-27-29-30-32-34-36-38-40-42-44-52(56)61-49-50(48-60-47-46-51(54(58)59)55(3,4)5)62-53(57)45-43-41-39-37-35-33-31-28-25-23-21-19-17-15-13-11-9-7-2/h8,10,14,16,20,22-23,25-28,30-32,36,38,50-51H,6-7,9,11-13,15,17-19,21,24,29,33-35,37,39-49H2,1-5H3/b10-8+,16-14+,22-20+,25-23+,27-26+,31-28+,32-30+,38-36+. The summed E-state index contributed by atoms with van der Waals surface area (Å²) in [5, 5.41) is 11.6. The van der Waals surface area contributed by atoms with E-state index in [1.54, 1.807) is 21.1 Å². The first-order valence-electron chi connectivity index (χ1n) is 24.3. The Labute approximate surface area is 379 Å². The molecule has 0 saturated heterocycles. The van der Waals surface area contributed by atoms with Crippen molar-refractivity contribution in [2.45, 2.75) is 187 Å². The van der Waals surface area contributed by atoms with Gasteiger partial charge in [0, 0.05) is 19.3 Å². The molecule has 0 aliphatic rings. The van der Waals surface area contributed by atoms with Gasteiger partial charge in [0.25, 0.3) is 0 Å². The van der Waals surface area contributed by atoms with Crippen LogP contribution in [0.4, 0.5) is 0 Å². The molecule has 352 valence electrons. The smallest absolute Gasteiger partial charge is 0.306 e. The highest BCUT2D eigenvalue weighted by Crippen LogP contribution is 2.12. The lowest BCUT2D eigenvalue weighted by Crippen LogP contribution is -2.55. The molecule has 0 saturated carbocycles. The monoisotopic (exact) mass is 864 g/mol. The van der Waals surface area contributed by atoms with Crippen molar-refractivity contribution >= 4 is 17.9 Å². The van der Waals surface area contributed by atoms with Crippen molar-refractivity contribution in [3.05, 3.63) is 97.2 Å². The fourth-order valence-corrected chi connectivity index (χ4v) is 6.48. The first-order valence-corrected chi connectivity index (χ1v) is 24.3. The van der Waals surface area contributed by atoms with Gasteiger partial charge >= 0.3 is 11.9 Å². The van der Waals surface area contributed by atoms with Crippen LogP contribution >= 0.6 is 0 Å². The number of allylic oxidation sites excluding steroid dienone is 16. The minimum Gasteiger partial charge on any atom is -0.544 e. The minimum absolute atomic E-state index is 0.0102. The fourth-order valence-electron chi connectivity index (χ4n) is 6.48. The van der Waals surface area contributed by atoms with Crippen LogP contribution in [-0.4, -0.2) is 75.5 Å². The van der Waals surface area contributed by atoms with E-state index in [9.17, 15) is 19.5 Å². The topological polar surface area (TPSA) is 102 Å². The number of rotatable bonds is 42. The van der Waals surface area contributed by atoms with Crippen LogP contribution in [0.1, 0.15) is 174 Å². The average Bonchev–Trinajstić information content (AvgIpc) is 3.23. The number of carboxylic acid groups (broad SMARTS) is 1. The Morgan fingerprint density at radius 1 is 0.516 bits per heavy atom. The molecule has 0 spiro atoms. The number of hydrogen-bond acceptors (Lipinski definition) is 7. The number of nitrogens with zero attached hydrogens (tertiary/aromatic N) is 1. The van der Waals surface area contributed by atoms with Gasteiger partial charge in [0.15, 0.2) is 6.10 Å². The highest BCUT2D eigenvalue weighted by Gasteiger charge is 2.25. The van der Waals surface area contributed by atoms with Crippen molar-refractivity contribution < 1.29 is 38.2 Å². The third kappa shape index (κ3) is 41.6. The van der Waals surface area contributed by atoms with Crippen LogP contribution in [0.15, 0.2) is 97.2 Å². The summed E-state index contributed by atoms with van der Waals surface area (Å²) in [5.74, 6) is -1.84. The van der Waals surface area contributed by atoms with Gasteiger partial charge in [-0.05, 0) is 83.5 Å². The van der Waals surface area contributed by atoms with Gasteiger partial charge in [-0.1, -0.05) is 169 Å². The summed E-state index contributed by atoms with van der Waals surface area (Å²) in [4.78, 5) is 37.0. The summed E-state index contributed by atoms with van der Waals surface area (Å²) in [7, 11) is 5.38. The maximum Gasteiger partial charge on any atom is 0.306 e. The van der Waals surface area contributed by atoms with E-state index in [-0.39, 0.29) is 55.5 Å². The molecule has 0 N–H and O–H groups in total. The van der Waals surface area contributed by atoms with Gasteiger partial charge in [-0.25, -0.2) is 0 Å². The summed E-state index contributed by atoms with van der Waals surface area (Å²) < 4.78 is 17.1. The third-order valence-electron chi connectivity index (χ3n) is 10.2. The highest BCUT2D eigenvalue weighted by atomic mass is 16.6. The molecule has 0 amide bonds. The van der Waals surface area contributed by atoms with Crippen LogP contribution in [0.3, 0.4) is 0 Å². The van der Waals surface area contributed by atoms with Gasteiger partial charge in [-0.15, -0.1) is 0 Å². The molecule has 2 unspecified atom stereocenters. The molecule has 8 nitrogen and oxygen atoms in total. The first-order chi connectivity index (χ1) is 30.1. The zero-order valence-corrected chi connectivity index (χ0v) is 40.0. The lowest BCUT2D eigenvalue weighted by atomic mass is 10.1. The van der Waals surface area contributed by atoms with Gasteiger partial charge in [0.2, 0.25) is 0 Å². The number of unbranched alkanes of at least 4 members (excludes halogenated alkanes) is 13. The van der Waals surface area contributed by atoms with Crippen molar-refractivity contribution in [3.8, 4) is 0 Å². The van der Waals surface area contributed by atoms with E-state index in [1.165, 1.54) is 44.9 Å². The molecule has 2 atom stereocenters. The molecule has 62 heavy (non-hydrogen) atoms. The van der Waals surface area contributed by atoms with Gasteiger partial charge in [0.1, 0.15) is 12.6 Å². The molecule has 8 heteroatoms. The largest absolute Gasteiger partial charge is 0.544 e. The Morgan fingerprint density at radius 3 is 1.47 bits per heavy atom. The van der Waals surface area contributed by atoms with Crippen molar-refractivity contribution in [2.24, 2.45) is 0 Å². The summed E-state index contributed by atoms with van der Waals surface area (Å²) in [5.41, 5.74) is 0. The number of aliphatic carboxylic acids is 1. The zero-order chi connectivity index (χ0) is 45.6. The number of esters is 2. The maximum atomic E-state index is 12.8. The Morgan fingerprint density at radius 2 is 0.968 bits per heavy atom. The molecular formula is C54H89NO7. The van der Waals surface area contributed by atoms with E-state index in [2.05, 4.69) is 111 Å².